The molecule has 1 aliphatic rings. The molecule has 4 nitrogen and oxygen atoms in total. The number of rotatable bonds is 2. The zero-order chi connectivity index (χ0) is 12.7. The SMILES string of the molecule is Cc1cc(N2C(=O)CS[C@@H]2c2ccc(Br)s2)no1. The number of aromatic nitrogens is 1. The molecular formula is C11H9BrN2O2S2. The van der Waals surface area contributed by atoms with E-state index < -0.39 is 0 Å². The lowest BCUT2D eigenvalue weighted by Crippen LogP contribution is -2.27. The molecule has 0 bridgehead atoms. The molecule has 2 aromatic heterocycles. The van der Waals surface area contributed by atoms with Gasteiger partial charge < -0.3 is 4.52 Å². The Morgan fingerprint density at radius 2 is 2.39 bits per heavy atom. The van der Waals surface area contributed by atoms with Crippen molar-refractivity contribution in [3.8, 4) is 0 Å². The van der Waals surface area contributed by atoms with Gasteiger partial charge in [-0.25, -0.2) is 0 Å². The van der Waals surface area contributed by atoms with Gasteiger partial charge in [-0.15, -0.1) is 23.1 Å². The van der Waals surface area contributed by atoms with Crippen LogP contribution in [0.5, 0.6) is 0 Å². The van der Waals surface area contributed by atoms with Crippen molar-refractivity contribution < 1.29 is 9.32 Å². The van der Waals surface area contributed by atoms with Gasteiger partial charge in [0.15, 0.2) is 5.82 Å². The molecule has 1 saturated heterocycles. The molecule has 1 fully saturated rings. The fourth-order valence-electron chi connectivity index (χ4n) is 1.81. The summed E-state index contributed by atoms with van der Waals surface area (Å²) in [6.45, 7) is 1.82. The molecule has 0 aromatic carbocycles. The Bertz CT molecular complexity index is 595. The van der Waals surface area contributed by atoms with E-state index in [2.05, 4.69) is 21.1 Å². The first-order valence-corrected chi connectivity index (χ1v) is 7.93. The number of halogens is 1. The third-order valence-corrected chi connectivity index (χ3v) is 5.59. The third kappa shape index (κ3) is 2.10. The number of aryl methyl sites for hydroxylation is 1. The van der Waals surface area contributed by atoms with E-state index in [1.165, 1.54) is 0 Å². The van der Waals surface area contributed by atoms with E-state index in [0.717, 1.165) is 8.66 Å². The van der Waals surface area contributed by atoms with Crippen molar-refractivity contribution in [1.29, 1.82) is 0 Å². The molecule has 94 valence electrons. The molecule has 0 aliphatic carbocycles. The Labute approximate surface area is 120 Å². The van der Waals surface area contributed by atoms with Crippen molar-refractivity contribution in [2.45, 2.75) is 12.3 Å². The maximum absolute atomic E-state index is 12.0. The summed E-state index contributed by atoms with van der Waals surface area (Å²) in [5.41, 5.74) is 0. The van der Waals surface area contributed by atoms with Crippen LogP contribution >= 0.6 is 39.0 Å². The van der Waals surface area contributed by atoms with Crippen LogP contribution in [0.1, 0.15) is 16.0 Å². The molecule has 0 saturated carbocycles. The number of nitrogens with zero attached hydrogens (tertiary/aromatic N) is 2. The average molecular weight is 345 g/mol. The monoisotopic (exact) mass is 344 g/mol. The number of thioether (sulfide) groups is 1. The molecule has 1 aliphatic heterocycles. The summed E-state index contributed by atoms with van der Waals surface area (Å²) in [5.74, 6) is 1.85. The Balaban J connectivity index is 1.97. The van der Waals surface area contributed by atoms with Gasteiger partial charge in [0.05, 0.1) is 9.54 Å². The van der Waals surface area contributed by atoms with Crippen molar-refractivity contribution in [3.05, 3.63) is 32.6 Å². The minimum absolute atomic E-state index is 0.00157. The van der Waals surface area contributed by atoms with Crippen LogP contribution in [0.25, 0.3) is 0 Å². The van der Waals surface area contributed by atoms with Crippen molar-refractivity contribution in [2.75, 3.05) is 10.7 Å². The second kappa shape index (κ2) is 4.71. The minimum Gasteiger partial charge on any atom is -0.360 e. The van der Waals surface area contributed by atoms with Crippen molar-refractivity contribution >= 4 is 50.8 Å². The first kappa shape index (κ1) is 12.3. The predicted octanol–water partition coefficient (Wildman–Crippen LogP) is 3.59. The number of carbonyl (C=O) groups excluding carboxylic acids is 1. The number of amides is 1. The first-order chi connectivity index (χ1) is 8.65. The molecule has 2 aromatic rings. The fraction of sp³-hybridized carbons (Fsp3) is 0.273. The normalized spacial score (nSPS) is 19.8. The summed E-state index contributed by atoms with van der Waals surface area (Å²) in [6, 6.07) is 5.82. The standard InChI is InChI=1S/C11H9BrN2O2S2/c1-6-4-9(13-16-6)14-10(15)5-17-11(14)7-2-3-8(12)18-7/h2-4,11H,5H2,1H3/t11-/m1/s1. The molecular weight excluding hydrogens is 336 g/mol. The van der Waals surface area contributed by atoms with Crippen LogP contribution in [-0.2, 0) is 4.79 Å². The van der Waals surface area contributed by atoms with Crippen LogP contribution in [-0.4, -0.2) is 16.8 Å². The predicted molar refractivity (Wildman–Crippen MR) is 75.9 cm³/mol. The van der Waals surface area contributed by atoms with Gasteiger partial charge in [0.2, 0.25) is 5.91 Å². The number of hydrogen-bond donors (Lipinski definition) is 0. The van der Waals surface area contributed by atoms with Crippen molar-refractivity contribution in [2.24, 2.45) is 0 Å². The lowest BCUT2D eigenvalue weighted by molar-refractivity contribution is -0.115. The van der Waals surface area contributed by atoms with Crippen LogP contribution in [0.2, 0.25) is 0 Å². The summed E-state index contributed by atoms with van der Waals surface area (Å²) in [4.78, 5) is 14.8. The van der Waals surface area contributed by atoms with E-state index in [0.29, 0.717) is 17.3 Å². The Hall–Kier alpha value is -0.790. The Morgan fingerprint density at radius 1 is 1.56 bits per heavy atom. The second-order valence-electron chi connectivity index (χ2n) is 3.86. The zero-order valence-corrected chi connectivity index (χ0v) is 12.6. The number of carbonyl (C=O) groups is 1. The maximum Gasteiger partial charge on any atom is 0.239 e. The van der Waals surface area contributed by atoms with Gasteiger partial charge in [-0.3, -0.25) is 9.69 Å². The summed E-state index contributed by atoms with van der Waals surface area (Å²) >= 11 is 6.70. The maximum atomic E-state index is 12.0. The molecule has 7 heteroatoms. The van der Waals surface area contributed by atoms with E-state index in [9.17, 15) is 4.79 Å². The largest absolute Gasteiger partial charge is 0.360 e. The molecule has 0 spiro atoms. The van der Waals surface area contributed by atoms with E-state index in [-0.39, 0.29) is 11.3 Å². The quantitative estimate of drug-likeness (QED) is 0.835. The Kier molecular flexibility index (Phi) is 3.21. The summed E-state index contributed by atoms with van der Waals surface area (Å²) in [6.07, 6.45) is 0. The summed E-state index contributed by atoms with van der Waals surface area (Å²) in [5, 5.41) is 3.94. The van der Waals surface area contributed by atoms with Gasteiger partial charge in [0, 0.05) is 10.9 Å². The topological polar surface area (TPSA) is 46.3 Å². The van der Waals surface area contributed by atoms with Gasteiger partial charge in [0.25, 0.3) is 0 Å². The van der Waals surface area contributed by atoms with Crippen LogP contribution in [0.3, 0.4) is 0 Å². The third-order valence-electron chi connectivity index (χ3n) is 2.57. The molecule has 0 radical (unpaired) electrons. The minimum atomic E-state index is -0.00157. The Morgan fingerprint density at radius 3 is 3.00 bits per heavy atom. The van der Waals surface area contributed by atoms with Gasteiger partial charge in [-0.1, -0.05) is 5.16 Å². The van der Waals surface area contributed by atoms with Gasteiger partial charge in [-0.05, 0) is 35.0 Å². The molecule has 0 N–H and O–H groups in total. The van der Waals surface area contributed by atoms with Gasteiger partial charge in [0.1, 0.15) is 11.1 Å². The first-order valence-electron chi connectivity index (χ1n) is 5.27. The second-order valence-corrected chi connectivity index (χ2v) is 7.43. The van der Waals surface area contributed by atoms with E-state index in [1.54, 1.807) is 34.1 Å². The number of hydrogen-bond acceptors (Lipinski definition) is 5. The summed E-state index contributed by atoms with van der Waals surface area (Å²) < 4.78 is 6.12. The smallest absolute Gasteiger partial charge is 0.239 e. The molecule has 1 amide bonds. The van der Waals surface area contributed by atoms with Crippen molar-refractivity contribution in [1.82, 2.24) is 5.16 Å². The zero-order valence-electron chi connectivity index (χ0n) is 9.42. The van der Waals surface area contributed by atoms with E-state index >= 15 is 0 Å². The highest BCUT2D eigenvalue weighted by Gasteiger charge is 2.36. The van der Waals surface area contributed by atoms with Crippen molar-refractivity contribution in [3.63, 3.8) is 0 Å². The lowest BCUT2D eigenvalue weighted by atomic mass is 10.3. The van der Waals surface area contributed by atoms with Crippen LogP contribution in [0, 0.1) is 6.92 Å². The van der Waals surface area contributed by atoms with Gasteiger partial charge >= 0.3 is 0 Å². The highest BCUT2D eigenvalue weighted by Crippen LogP contribution is 2.44. The van der Waals surface area contributed by atoms with Crippen LogP contribution < -0.4 is 4.90 Å². The molecule has 18 heavy (non-hydrogen) atoms. The average Bonchev–Trinajstić information content (AvgIpc) is 2.99. The molecule has 3 rings (SSSR count). The van der Waals surface area contributed by atoms with Gasteiger partial charge in [-0.2, -0.15) is 0 Å². The highest BCUT2D eigenvalue weighted by molar-refractivity contribution is 9.11. The lowest BCUT2D eigenvalue weighted by Gasteiger charge is -2.19. The number of anilines is 1. The molecule has 1 atom stereocenters. The summed E-state index contributed by atoms with van der Waals surface area (Å²) in [7, 11) is 0. The van der Waals surface area contributed by atoms with Crippen LogP contribution in [0.4, 0.5) is 5.82 Å². The molecule has 3 heterocycles. The fourth-order valence-corrected chi connectivity index (χ4v) is 4.61. The van der Waals surface area contributed by atoms with Crippen LogP contribution in [0.15, 0.2) is 26.5 Å². The highest BCUT2D eigenvalue weighted by atomic mass is 79.9. The van der Waals surface area contributed by atoms with E-state index in [4.69, 9.17) is 4.52 Å². The van der Waals surface area contributed by atoms with E-state index in [1.807, 2.05) is 19.1 Å². The molecule has 0 unspecified atom stereocenters. The number of thiophene rings is 1.